The van der Waals surface area contributed by atoms with Crippen molar-refractivity contribution in [2.75, 3.05) is 10.6 Å². The molecule has 0 aliphatic heterocycles. The van der Waals surface area contributed by atoms with Gasteiger partial charge in [-0.15, -0.1) is 0 Å². The molecule has 1 heterocycles. The molecule has 0 radical (unpaired) electrons. The fraction of sp³-hybridized carbons (Fsp3) is 0.200. The van der Waals surface area contributed by atoms with Crippen LogP contribution < -0.4 is 10.6 Å². The van der Waals surface area contributed by atoms with Gasteiger partial charge in [0.2, 0.25) is 5.91 Å². The van der Waals surface area contributed by atoms with Crippen LogP contribution in [0.2, 0.25) is 0 Å². The Labute approximate surface area is 126 Å². The van der Waals surface area contributed by atoms with E-state index in [0.29, 0.717) is 12.1 Å². The number of aromatic nitrogens is 1. The Morgan fingerprint density at radius 2 is 2.00 bits per heavy atom. The fourth-order valence-corrected chi connectivity index (χ4v) is 1.91. The van der Waals surface area contributed by atoms with Gasteiger partial charge < -0.3 is 10.6 Å². The number of hydrogen-bond donors (Lipinski definition) is 2. The molecule has 0 fully saturated rings. The van der Waals surface area contributed by atoms with Gasteiger partial charge in [-0.3, -0.25) is 4.79 Å². The SMILES string of the molecule is CCC(=O)Nc1ccc(Nc2ccc(Br)c(C)c2)nc1. The largest absolute Gasteiger partial charge is 0.340 e. The molecule has 104 valence electrons. The van der Waals surface area contributed by atoms with Crippen LogP contribution in [0.3, 0.4) is 0 Å². The minimum Gasteiger partial charge on any atom is -0.340 e. The Kier molecular flexibility index (Phi) is 4.74. The molecule has 2 aromatic rings. The third-order valence-electron chi connectivity index (χ3n) is 2.80. The second-order valence-electron chi connectivity index (χ2n) is 4.42. The summed E-state index contributed by atoms with van der Waals surface area (Å²) in [4.78, 5) is 15.5. The normalized spacial score (nSPS) is 10.2. The van der Waals surface area contributed by atoms with E-state index >= 15 is 0 Å². The Bertz CT molecular complexity index is 611. The monoisotopic (exact) mass is 333 g/mol. The van der Waals surface area contributed by atoms with Gasteiger partial charge in [-0.05, 0) is 42.8 Å². The van der Waals surface area contributed by atoms with Crippen LogP contribution >= 0.6 is 15.9 Å². The number of halogens is 1. The van der Waals surface area contributed by atoms with Crippen molar-refractivity contribution < 1.29 is 4.79 Å². The topological polar surface area (TPSA) is 54.0 Å². The lowest BCUT2D eigenvalue weighted by molar-refractivity contribution is -0.115. The van der Waals surface area contributed by atoms with Crippen LogP contribution in [-0.4, -0.2) is 10.9 Å². The van der Waals surface area contributed by atoms with Crippen molar-refractivity contribution in [1.29, 1.82) is 0 Å². The summed E-state index contributed by atoms with van der Waals surface area (Å²) in [5.74, 6) is 0.720. The van der Waals surface area contributed by atoms with Crippen molar-refractivity contribution in [3.63, 3.8) is 0 Å². The summed E-state index contributed by atoms with van der Waals surface area (Å²) in [6.45, 7) is 3.85. The predicted octanol–water partition coefficient (Wildman–Crippen LogP) is 4.24. The average Bonchev–Trinajstić information content (AvgIpc) is 2.45. The summed E-state index contributed by atoms with van der Waals surface area (Å²) in [5.41, 5.74) is 2.83. The first-order chi connectivity index (χ1) is 9.58. The van der Waals surface area contributed by atoms with E-state index in [0.717, 1.165) is 21.5 Å². The number of benzene rings is 1. The van der Waals surface area contributed by atoms with Crippen molar-refractivity contribution in [3.05, 3.63) is 46.6 Å². The van der Waals surface area contributed by atoms with Crippen molar-refractivity contribution >= 4 is 39.0 Å². The molecule has 0 spiro atoms. The maximum absolute atomic E-state index is 11.3. The van der Waals surface area contributed by atoms with Crippen LogP contribution in [0.5, 0.6) is 0 Å². The highest BCUT2D eigenvalue weighted by molar-refractivity contribution is 9.10. The molecular formula is C15H16BrN3O. The van der Waals surface area contributed by atoms with Gasteiger partial charge >= 0.3 is 0 Å². The van der Waals surface area contributed by atoms with Crippen LogP contribution in [-0.2, 0) is 4.79 Å². The van der Waals surface area contributed by atoms with E-state index in [1.807, 2.05) is 44.2 Å². The zero-order valence-electron chi connectivity index (χ0n) is 11.4. The smallest absolute Gasteiger partial charge is 0.224 e. The molecule has 2 N–H and O–H groups in total. The van der Waals surface area contributed by atoms with Gasteiger partial charge in [-0.2, -0.15) is 0 Å². The number of amides is 1. The third-order valence-corrected chi connectivity index (χ3v) is 3.69. The van der Waals surface area contributed by atoms with Crippen LogP contribution in [0.15, 0.2) is 41.0 Å². The second-order valence-corrected chi connectivity index (χ2v) is 5.28. The molecule has 1 aromatic heterocycles. The summed E-state index contributed by atoms with van der Waals surface area (Å²) in [6, 6.07) is 9.68. The number of carbonyl (C=O) groups excluding carboxylic acids is 1. The van der Waals surface area contributed by atoms with Gasteiger partial charge in [0.15, 0.2) is 0 Å². The van der Waals surface area contributed by atoms with Crippen molar-refractivity contribution in [2.24, 2.45) is 0 Å². The first kappa shape index (κ1) is 14.5. The maximum atomic E-state index is 11.3. The molecular weight excluding hydrogens is 318 g/mol. The number of rotatable bonds is 4. The van der Waals surface area contributed by atoms with E-state index in [9.17, 15) is 4.79 Å². The summed E-state index contributed by atoms with van der Waals surface area (Å²) in [7, 11) is 0. The lowest BCUT2D eigenvalue weighted by atomic mass is 10.2. The maximum Gasteiger partial charge on any atom is 0.224 e. The lowest BCUT2D eigenvalue weighted by Crippen LogP contribution is -2.09. The summed E-state index contributed by atoms with van der Waals surface area (Å²) in [5, 5.41) is 5.99. The second kappa shape index (κ2) is 6.52. The van der Waals surface area contributed by atoms with Gasteiger partial charge in [0.1, 0.15) is 5.82 Å². The number of aryl methyl sites for hydroxylation is 1. The standard InChI is InChI=1S/C15H16BrN3O/c1-3-15(20)19-12-5-7-14(17-9-12)18-11-4-6-13(16)10(2)8-11/h4-9H,3H2,1-2H3,(H,17,18)(H,19,20). The molecule has 0 aliphatic carbocycles. The average molecular weight is 334 g/mol. The molecule has 20 heavy (non-hydrogen) atoms. The number of anilines is 3. The quantitative estimate of drug-likeness (QED) is 0.879. The molecule has 0 bridgehead atoms. The van der Waals surface area contributed by atoms with Gasteiger partial charge in [0.25, 0.3) is 0 Å². The zero-order chi connectivity index (χ0) is 14.5. The number of hydrogen-bond acceptors (Lipinski definition) is 3. The van der Waals surface area contributed by atoms with Crippen molar-refractivity contribution in [3.8, 4) is 0 Å². The molecule has 0 saturated carbocycles. The Morgan fingerprint density at radius 3 is 2.60 bits per heavy atom. The Balaban J connectivity index is 2.06. The fourth-order valence-electron chi connectivity index (χ4n) is 1.66. The molecule has 5 heteroatoms. The van der Waals surface area contributed by atoms with Crippen LogP contribution in [0.4, 0.5) is 17.2 Å². The molecule has 1 amide bonds. The number of nitrogens with one attached hydrogen (secondary N) is 2. The van der Waals surface area contributed by atoms with Crippen molar-refractivity contribution in [1.82, 2.24) is 4.98 Å². The molecule has 0 aliphatic rings. The van der Waals surface area contributed by atoms with E-state index < -0.39 is 0 Å². The highest BCUT2D eigenvalue weighted by Gasteiger charge is 2.01. The first-order valence-electron chi connectivity index (χ1n) is 6.37. The van der Waals surface area contributed by atoms with Gasteiger partial charge in [-0.1, -0.05) is 22.9 Å². The van der Waals surface area contributed by atoms with E-state index in [2.05, 4.69) is 31.5 Å². The number of pyridine rings is 1. The Morgan fingerprint density at radius 1 is 1.25 bits per heavy atom. The van der Waals surface area contributed by atoms with Gasteiger partial charge in [-0.25, -0.2) is 4.98 Å². The van der Waals surface area contributed by atoms with Crippen LogP contribution in [0, 0.1) is 6.92 Å². The summed E-state index contributed by atoms with van der Waals surface area (Å²) >= 11 is 3.47. The van der Waals surface area contributed by atoms with Crippen LogP contribution in [0.25, 0.3) is 0 Å². The highest BCUT2D eigenvalue weighted by Crippen LogP contribution is 2.22. The Hall–Kier alpha value is -1.88. The van der Waals surface area contributed by atoms with E-state index in [1.165, 1.54) is 0 Å². The zero-order valence-corrected chi connectivity index (χ0v) is 13.0. The predicted molar refractivity (Wildman–Crippen MR) is 85.3 cm³/mol. The highest BCUT2D eigenvalue weighted by atomic mass is 79.9. The van der Waals surface area contributed by atoms with E-state index in [-0.39, 0.29) is 5.91 Å². The molecule has 0 saturated heterocycles. The number of carbonyl (C=O) groups is 1. The van der Waals surface area contributed by atoms with Gasteiger partial charge in [0, 0.05) is 16.6 Å². The minimum atomic E-state index is -0.0176. The molecule has 2 rings (SSSR count). The van der Waals surface area contributed by atoms with E-state index in [1.54, 1.807) is 6.20 Å². The summed E-state index contributed by atoms with van der Waals surface area (Å²) < 4.78 is 1.08. The lowest BCUT2D eigenvalue weighted by Gasteiger charge is -2.08. The molecule has 0 unspecified atom stereocenters. The third kappa shape index (κ3) is 3.81. The minimum absolute atomic E-state index is 0.0176. The van der Waals surface area contributed by atoms with Crippen LogP contribution in [0.1, 0.15) is 18.9 Å². The number of nitrogens with zero attached hydrogens (tertiary/aromatic N) is 1. The molecule has 4 nitrogen and oxygen atoms in total. The van der Waals surface area contributed by atoms with Crippen molar-refractivity contribution in [2.45, 2.75) is 20.3 Å². The molecule has 0 atom stereocenters. The first-order valence-corrected chi connectivity index (χ1v) is 7.17. The molecule has 1 aromatic carbocycles. The summed E-state index contributed by atoms with van der Waals surface area (Å²) in [6.07, 6.45) is 2.10. The van der Waals surface area contributed by atoms with Gasteiger partial charge in [0.05, 0.1) is 11.9 Å². The van der Waals surface area contributed by atoms with E-state index in [4.69, 9.17) is 0 Å².